The maximum Gasteiger partial charge on any atom is 0.307 e. The van der Waals surface area contributed by atoms with E-state index in [1.54, 1.807) is 0 Å². The Bertz CT molecular complexity index is 612. The van der Waals surface area contributed by atoms with Gasteiger partial charge in [0.2, 0.25) is 0 Å². The highest BCUT2D eigenvalue weighted by molar-refractivity contribution is 6.59. The van der Waals surface area contributed by atoms with Crippen LogP contribution in [0.3, 0.4) is 0 Å². The van der Waals surface area contributed by atoms with Crippen molar-refractivity contribution >= 4 is 29.2 Å². The monoisotopic (exact) mass is 276 g/mol. The molecule has 1 heterocycles. The molecule has 0 bridgehead atoms. The summed E-state index contributed by atoms with van der Waals surface area (Å²) in [5.74, 6) is 0. The van der Waals surface area contributed by atoms with Gasteiger partial charge in [-0.15, -0.1) is 0 Å². The van der Waals surface area contributed by atoms with Crippen molar-refractivity contribution in [2.75, 3.05) is 6.54 Å². The number of nitrogens with one attached hydrogen (secondary N) is 1. The van der Waals surface area contributed by atoms with Crippen molar-refractivity contribution < 1.29 is 4.92 Å². The number of hydrogen-bond acceptors (Lipinski definition) is 4. The number of nitro groups is 1. The Balaban J connectivity index is 2.28. The topological polar surface area (TPSA) is 73.0 Å². The van der Waals surface area contributed by atoms with Gasteiger partial charge in [-0.3, -0.25) is 14.8 Å². The summed E-state index contributed by atoms with van der Waals surface area (Å²) in [6.07, 6.45) is 2.54. The Morgan fingerprint density at radius 3 is 2.52 bits per heavy atom. The molecule has 0 aliphatic heterocycles. The van der Waals surface area contributed by atoms with Crippen LogP contribution in [-0.2, 0) is 0 Å². The minimum atomic E-state index is -1.54. The van der Waals surface area contributed by atoms with E-state index in [0.29, 0.717) is 0 Å². The SMILES string of the molecule is [B]C([B])([B])NCC(c1ccccc1)n1cc([N+](=O)[O-])cn1. The first kappa shape index (κ1) is 15.4. The fourth-order valence-corrected chi connectivity index (χ4v) is 1.91. The predicted octanol–water partition coefficient (Wildman–Crippen LogP) is 0.0871. The fourth-order valence-electron chi connectivity index (χ4n) is 1.91. The van der Waals surface area contributed by atoms with E-state index in [1.165, 1.54) is 17.1 Å². The van der Waals surface area contributed by atoms with Crippen LogP contribution in [0, 0.1) is 10.1 Å². The minimum absolute atomic E-state index is 0.0876. The Morgan fingerprint density at radius 2 is 2.00 bits per heavy atom. The number of nitrogens with zero attached hydrogens (tertiary/aromatic N) is 3. The number of hydrogen-bond donors (Lipinski definition) is 1. The average Bonchev–Trinajstić information content (AvgIpc) is 2.89. The van der Waals surface area contributed by atoms with E-state index in [9.17, 15) is 10.1 Å². The summed E-state index contributed by atoms with van der Waals surface area (Å²) in [5.41, 5.74) is 0.808. The molecule has 6 nitrogen and oxygen atoms in total. The molecule has 0 aliphatic carbocycles. The van der Waals surface area contributed by atoms with Crippen LogP contribution in [-0.4, -0.2) is 50.0 Å². The lowest BCUT2D eigenvalue weighted by atomic mass is 9.49. The van der Waals surface area contributed by atoms with Crippen molar-refractivity contribution in [3.8, 4) is 0 Å². The summed E-state index contributed by atoms with van der Waals surface area (Å²) >= 11 is 0. The molecule has 1 aromatic heterocycles. The first-order chi connectivity index (χ1) is 9.87. The summed E-state index contributed by atoms with van der Waals surface area (Å²) in [6, 6.07) is 9.03. The first-order valence-electron chi connectivity index (χ1n) is 6.22. The van der Waals surface area contributed by atoms with Crippen LogP contribution in [0.5, 0.6) is 0 Å². The van der Waals surface area contributed by atoms with Crippen molar-refractivity contribution in [1.29, 1.82) is 0 Å². The van der Waals surface area contributed by atoms with E-state index in [-0.39, 0.29) is 18.3 Å². The Hall–Kier alpha value is -2.02. The summed E-state index contributed by atoms with van der Waals surface area (Å²) < 4.78 is 1.48. The largest absolute Gasteiger partial charge is 0.333 e. The van der Waals surface area contributed by atoms with Gasteiger partial charge in [0.1, 0.15) is 12.4 Å². The van der Waals surface area contributed by atoms with Gasteiger partial charge in [0.05, 0.1) is 34.5 Å². The van der Waals surface area contributed by atoms with E-state index in [2.05, 4.69) is 10.4 Å². The van der Waals surface area contributed by atoms with Crippen molar-refractivity contribution in [3.05, 3.63) is 58.4 Å². The third kappa shape index (κ3) is 4.22. The van der Waals surface area contributed by atoms with E-state index >= 15 is 0 Å². The first-order valence-corrected chi connectivity index (χ1v) is 6.22. The number of rotatable bonds is 6. The molecule has 0 aliphatic rings. The normalized spacial score (nSPS) is 13.0. The van der Waals surface area contributed by atoms with Gasteiger partial charge in [-0.1, -0.05) is 35.6 Å². The third-order valence-electron chi connectivity index (χ3n) is 2.90. The molecule has 0 saturated carbocycles. The lowest BCUT2D eigenvalue weighted by Crippen LogP contribution is -2.49. The van der Waals surface area contributed by atoms with Gasteiger partial charge in [0.15, 0.2) is 0 Å². The summed E-state index contributed by atoms with van der Waals surface area (Å²) in [4.78, 5) is 10.3. The van der Waals surface area contributed by atoms with Crippen LogP contribution in [0.2, 0.25) is 0 Å². The van der Waals surface area contributed by atoms with Gasteiger partial charge in [-0.25, -0.2) is 0 Å². The van der Waals surface area contributed by atoms with Gasteiger partial charge in [-0.2, -0.15) is 5.10 Å². The molecule has 0 saturated heterocycles. The highest BCUT2D eigenvalue weighted by Gasteiger charge is 2.20. The van der Waals surface area contributed by atoms with E-state index in [0.717, 1.165) is 5.56 Å². The molecule has 0 fully saturated rings. The zero-order valence-corrected chi connectivity index (χ0v) is 11.2. The van der Waals surface area contributed by atoms with Gasteiger partial charge in [0.25, 0.3) is 0 Å². The third-order valence-corrected chi connectivity index (χ3v) is 2.90. The second-order valence-corrected chi connectivity index (χ2v) is 4.68. The molecule has 2 aromatic rings. The van der Waals surface area contributed by atoms with Crippen molar-refractivity contribution in [3.63, 3.8) is 0 Å². The maximum absolute atomic E-state index is 10.8. The zero-order valence-electron chi connectivity index (χ0n) is 11.2. The highest BCUT2D eigenvalue weighted by atomic mass is 16.6. The molecule has 9 heteroatoms. The van der Waals surface area contributed by atoms with E-state index < -0.39 is 10.2 Å². The van der Waals surface area contributed by atoms with E-state index in [4.69, 9.17) is 23.5 Å². The maximum atomic E-state index is 10.8. The molecule has 6 radical (unpaired) electrons. The smallest absolute Gasteiger partial charge is 0.307 e. The molecular formula is C12H11B3N4O2. The van der Waals surface area contributed by atoms with E-state index in [1.807, 2.05) is 30.3 Å². The van der Waals surface area contributed by atoms with Gasteiger partial charge < -0.3 is 5.32 Å². The second kappa shape index (κ2) is 6.18. The Kier molecular flexibility index (Phi) is 4.52. The molecule has 1 atom stereocenters. The van der Waals surface area contributed by atoms with Crippen molar-refractivity contribution in [2.45, 2.75) is 11.3 Å². The molecular weight excluding hydrogens is 265 g/mol. The zero-order chi connectivity index (χ0) is 15.5. The van der Waals surface area contributed by atoms with Gasteiger partial charge in [0, 0.05) is 6.54 Å². The second-order valence-electron chi connectivity index (χ2n) is 4.68. The Labute approximate surface area is 126 Å². The van der Waals surface area contributed by atoms with Gasteiger partial charge in [-0.05, 0) is 5.56 Å². The summed E-state index contributed by atoms with van der Waals surface area (Å²) in [7, 11) is 16.5. The van der Waals surface area contributed by atoms with Crippen LogP contribution < -0.4 is 5.32 Å². The van der Waals surface area contributed by atoms with Crippen LogP contribution in [0.15, 0.2) is 42.7 Å². The van der Waals surface area contributed by atoms with Crippen LogP contribution >= 0.6 is 0 Å². The molecule has 1 N–H and O–H groups in total. The molecule has 0 spiro atoms. The summed E-state index contributed by atoms with van der Waals surface area (Å²) in [6.45, 7) is 0.270. The standard InChI is InChI=1S/C12H11B3N4O2/c13-12(14,15)16-7-11(9-4-2-1-3-5-9)18-8-10(6-17-18)19(20)21/h1-6,8,11,16H,7H2. The van der Waals surface area contributed by atoms with Crippen molar-refractivity contribution in [1.82, 2.24) is 15.1 Å². The predicted molar refractivity (Wildman–Crippen MR) is 81.5 cm³/mol. The fraction of sp³-hybridized carbons (Fsp3) is 0.250. The number of aromatic nitrogens is 2. The van der Waals surface area contributed by atoms with Crippen LogP contribution in [0.4, 0.5) is 5.69 Å². The lowest BCUT2D eigenvalue weighted by molar-refractivity contribution is -0.385. The minimum Gasteiger partial charge on any atom is -0.333 e. The average molecular weight is 276 g/mol. The molecule has 1 aromatic carbocycles. The molecule has 100 valence electrons. The summed E-state index contributed by atoms with van der Waals surface area (Å²) in [5, 5.41) is 16.0. The van der Waals surface area contributed by atoms with Crippen molar-refractivity contribution in [2.24, 2.45) is 0 Å². The number of benzene rings is 1. The highest BCUT2D eigenvalue weighted by Crippen LogP contribution is 2.20. The molecule has 1 unspecified atom stereocenters. The molecule has 0 amide bonds. The Morgan fingerprint density at radius 1 is 1.33 bits per heavy atom. The molecule has 2 rings (SSSR count). The quantitative estimate of drug-likeness (QED) is 0.461. The van der Waals surface area contributed by atoms with Gasteiger partial charge >= 0.3 is 5.69 Å². The van der Waals surface area contributed by atoms with Crippen LogP contribution in [0.1, 0.15) is 11.6 Å². The lowest BCUT2D eigenvalue weighted by Gasteiger charge is -2.26. The molecule has 21 heavy (non-hydrogen) atoms. The van der Waals surface area contributed by atoms with Crippen LogP contribution in [0.25, 0.3) is 0 Å².